The molecule has 86 valence electrons. The van der Waals surface area contributed by atoms with Crippen molar-refractivity contribution in [2.75, 3.05) is 0 Å². The normalized spacial score (nSPS) is 30.3. The van der Waals surface area contributed by atoms with E-state index in [1.807, 2.05) is 0 Å². The lowest BCUT2D eigenvalue weighted by Crippen LogP contribution is -1.96. The maximum atomic E-state index is 4.60. The lowest BCUT2D eigenvalue weighted by Gasteiger charge is -2.07. The molecule has 0 radical (unpaired) electrons. The molecule has 0 aromatic rings. The van der Waals surface area contributed by atoms with Gasteiger partial charge >= 0.3 is 0 Å². The maximum Gasteiger partial charge on any atom is 0.00513 e. The quantitative estimate of drug-likeness (QED) is 0.438. The Morgan fingerprint density at radius 1 is 0.733 bits per heavy atom. The van der Waals surface area contributed by atoms with Gasteiger partial charge in [0.05, 0.1) is 0 Å². The molecule has 0 nitrogen and oxygen atoms in total. The van der Waals surface area contributed by atoms with Gasteiger partial charge in [-0.2, -0.15) is 12.6 Å². The first kappa shape index (κ1) is 12.9. The number of rotatable bonds is 0. The van der Waals surface area contributed by atoms with Gasteiger partial charge in [-0.25, -0.2) is 0 Å². The van der Waals surface area contributed by atoms with E-state index in [1.54, 1.807) is 0 Å². The van der Waals surface area contributed by atoms with Crippen molar-refractivity contribution in [1.29, 1.82) is 0 Å². The van der Waals surface area contributed by atoms with Gasteiger partial charge in [0.25, 0.3) is 0 Å². The van der Waals surface area contributed by atoms with Gasteiger partial charge in [-0.05, 0) is 51.4 Å². The number of allylic oxidation sites excluding steroid dienone is 4. The highest BCUT2D eigenvalue weighted by Gasteiger charge is 1.99. The zero-order chi connectivity index (χ0) is 10.8. The summed E-state index contributed by atoms with van der Waals surface area (Å²) in [4.78, 5) is 0. The van der Waals surface area contributed by atoms with Crippen molar-refractivity contribution in [3.8, 4) is 0 Å². The van der Waals surface area contributed by atoms with Crippen molar-refractivity contribution in [2.24, 2.45) is 0 Å². The van der Waals surface area contributed by atoms with Crippen molar-refractivity contribution in [1.82, 2.24) is 0 Å². The molecule has 1 aliphatic rings. The first-order chi connectivity index (χ1) is 7.39. The summed E-state index contributed by atoms with van der Waals surface area (Å²) < 4.78 is 0. The van der Waals surface area contributed by atoms with E-state index in [1.165, 1.54) is 51.4 Å². The average Bonchev–Trinajstić information content (AvgIpc) is 2.24. The molecule has 1 heteroatoms. The molecule has 0 aliphatic heterocycles. The third-order valence-electron chi connectivity index (χ3n) is 2.89. The number of hydrogen-bond acceptors (Lipinski definition) is 1. The molecular formula is C14H24S. The van der Waals surface area contributed by atoms with E-state index in [0.29, 0.717) is 5.25 Å². The number of hydrogen-bond donors (Lipinski definition) is 1. The molecular weight excluding hydrogens is 200 g/mol. The fourth-order valence-corrected chi connectivity index (χ4v) is 2.20. The second-order valence-electron chi connectivity index (χ2n) is 4.40. The molecule has 1 aliphatic carbocycles. The van der Waals surface area contributed by atoms with Crippen molar-refractivity contribution < 1.29 is 0 Å². The van der Waals surface area contributed by atoms with Gasteiger partial charge in [-0.15, -0.1) is 0 Å². The van der Waals surface area contributed by atoms with Crippen LogP contribution in [0.3, 0.4) is 0 Å². The van der Waals surface area contributed by atoms with Gasteiger partial charge in [0.1, 0.15) is 0 Å². The SMILES string of the molecule is SC1C/C=C/CCCC/C=C/CCCC1. The Morgan fingerprint density at radius 2 is 1.27 bits per heavy atom. The van der Waals surface area contributed by atoms with Crippen molar-refractivity contribution in [3.63, 3.8) is 0 Å². The van der Waals surface area contributed by atoms with Crippen molar-refractivity contribution >= 4 is 12.6 Å². The maximum absolute atomic E-state index is 4.60. The average molecular weight is 224 g/mol. The van der Waals surface area contributed by atoms with Gasteiger partial charge in [0.15, 0.2) is 0 Å². The van der Waals surface area contributed by atoms with Gasteiger partial charge in [-0.1, -0.05) is 30.7 Å². The molecule has 1 rings (SSSR count). The van der Waals surface area contributed by atoms with Crippen LogP contribution in [0.15, 0.2) is 24.3 Å². The molecule has 0 fully saturated rings. The van der Waals surface area contributed by atoms with Crippen molar-refractivity contribution in [3.05, 3.63) is 24.3 Å². The summed E-state index contributed by atoms with van der Waals surface area (Å²) in [5.41, 5.74) is 0. The second-order valence-corrected chi connectivity index (χ2v) is 5.13. The Balaban J connectivity index is 2.26. The molecule has 0 heterocycles. The third kappa shape index (κ3) is 7.72. The molecule has 0 saturated heterocycles. The highest BCUT2D eigenvalue weighted by Crippen LogP contribution is 2.14. The summed E-state index contributed by atoms with van der Waals surface area (Å²) in [7, 11) is 0. The molecule has 15 heavy (non-hydrogen) atoms. The standard InChI is InChI=1S/C14H24S/c15-14-12-10-8-6-4-2-1-3-5-7-9-11-13-14/h2,4,9,11,14-15H,1,3,5-8,10,12-13H2/b4-2+,11-9+. The van der Waals surface area contributed by atoms with E-state index in [-0.39, 0.29) is 0 Å². The van der Waals surface area contributed by atoms with Crippen molar-refractivity contribution in [2.45, 2.75) is 63.0 Å². The molecule has 1 unspecified atom stereocenters. The van der Waals surface area contributed by atoms with E-state index >= 15 is 0 Å². The van der Waals surface area contributed by atoms with Gasteiger partial charge < -0.3 is 0 Å². The fourth-order valence-electron chi connectivity index (χ4n) is 1.89. The first-order valence-corrected chi connectivity index (χ1v) is 6.89. The van der Waals surface area contributed by atoms with E-state index in [0.717, 1.165) is 6.42 Å². The topological polar surface area (TPSA) is 0 Å². The van der Waals surface area contributed by atoms with Gasteiger partial charge in [0.2, 0.25) is 0 Å². The summed E-state index contributed by atoms with van der Waals surface area (Å²) in [5, 5.41) is 0.577. The minimum atomic E-state index is 0.577. The summed E-state index contributed by atoms with van der Waals surface area (Å²) in [5.74, 6) is 0. The minimum absolute atomic E-state index is 0.577. The molecule has 0 N–H and O–H groups in total. The highest BCUT2D eigenvalue weighted by molar-refractivity contribution is 7.80. The monoisotopic (exact) mass is 224 g/mol. The van der Waals surface area contributed by atoms with Crippen LogP contribution in [0, 0.1) is 0 Å². The van der Waals surface area contributed by atoms with Crippen LogP contribution in [-0.4, -0.2) is 5.25 Å². The van der Waals surface area contributed by atoms with E-state index < -0.39 is 0 Å². The predicted octanol–water partition coefficient (Wildman–Crippen LogP) is 4.92. The molecule has 0 amide bonds. The molecule has 0 aromatic heterocycles. The van der Waals surface area contributed by atoms with Crippen LogP contribution < -0.4 is 0 Å². The summed E-state index contributed by atoms with van der Waals surface area (Å²) in [6.45, 7) is 0. The third-order valence-corrected chi connectivity index (χ3v) is 3.36. The largest absolute Gasteiger partial charge is 0.176 e. The Morgan fingerprint density at radius 3 is 1.93 bits per heavy atom. The summed E-state index contributed by atoms with van der Waals surface area (Å²) >= 11 is 4.60. The van der Waals surface area contributed by atoms with Crippen LogP contribution in [0.4, 0.5) is 0 Å². The smallest absolute Gasteiger partial charge is 0.00513 e. The van der Waals surface area contributed by atoms with E-state index in [4.69, 9.17) is 0 Å². The van der Waals surface area contributed by atoms with Gasteiger partial charge in [0, 0.05) is 5.25 Å². The minimum Gasteiger partial charge on any atom is -0.176 e. The molecule has 1 atom stereocenters. The zero-order valence-electron chi connectivity index (χ0n) is 9.70. The first-order valence-electron chi connectivity index (χ1n) is 6.37. The Labute approximate surface area is 100 Å². The lowest BCUT2D eigenvalue weighted by molar-refractivity contribution is 0.662. The van der Waals surface area contributed by atoms with Crippen LogP contribution in [0.1, 0.15) is 57.8 Å². The molecule has 0 aromatic carbocycles. The predicted molar refractivity (Wildman–Crippen MR) is 72.6 cm³/mol. The molecule has 0 spiro atoms. The van der Waals surface area contributed by atoms with Crippen LogP contribution in [0.5, 0.6) is 0 Å². The molecule has 0 bridgehead atoms. The van der Waals surface area contributed by atoms with E-state index in [9.17, 15) is 0 Å². The Kier molecular flexibility index (Phi) is 7.81. The summed E-state index contributed by atoms with van der Waals surface area (Å²) in [6.07, 6.45) is 20.9. The summed E-state index contributed by atoms with van der Waals surface area (Å²) in [6, 6.07) is 0. The van der Waals surface area contributed by atoms with E-state index in [2.05, 4.69) is 36.9 Å². The number of thiol groups is 1. The van der Waals surface area contributed by atoms with Crippen LogP contribution in [0.25, 0.3) is 0 Å². The lowest BCUT2D eigenvalue weighted by atomic mass is 10.1. The Bertz CT molecular complexity index is 194. The highest BCUT2D eigenvalue weighted by atomic mass is 32.1. The fraction of sp³-hybridized carbons (Fsp3) is 0.714. The zero-order valence-corrected chi connectivity index (χ0v) is 10.6. The van der Waals surface area contributed by atoms with Crippen LogP contribution in [-0.2, 0) is 0 Å². The van der Waals surface area contributed by atoms with Gasteiger partial charge in [-0.3, -0.25) is 0 Å². The van der Waals surface area contributed by atoms with Crippen LogP contribution >= 0.6 is 12.6 Å². The molecule has 0 saturated carbocycles. The second kappa shape index (κ2) is 9.08. The Hall–Kier alpha value is -0.170. The van der Waals surface area contributed by atoms with Crippen LogP contribution in [0.2, 0.25) is 0 Å².